The van der Waals surface area contributed by atoms with Crippen molar-refractivity contribution in [3.8, 4) is 0 Å². The Labute approximate surface area is 111 Å². The summed E-state index contributed by atoms with van der Waals surface area (Å²) in [4.78, 5) is 11.7. The smallest absolute Gasteiger partial charge is 0.237 e. The molecule has 4 N–H and O–H groups in total. The van der Waals surface area contributed by atoms with Crippen LogP contribution in [0.4, 0.5) is 0 Å². The molecule has 0 aromatic heterocycles. The van der Waals surface area contributed by atoms with Crippen LogP contribution in [0.2, 0.25) is 0 Å². The Kier molecular flexibility index (Phi) is 8.84. The average Bonchev–Trinajstić information content (AvgIpc) is 2.10. The fourth-order valence-electron chi connectivity index (χ4n) is 1.44. The zero-order valence-corrected chi connectivity index (χ0v) is 12.3. The summed E-state index contributed by atoms with van der Waals surface area (Å²) in [5.74, 6) is 0.140. The van der Waals surface area contributed by atoms with E-state index < -0.39 is 6.04 Å². The van der Waals surface area contributed by atoms with Gasteiger partial charge in [-0.25, -0.2) is 0 Å². The summed E-state index contributed by atoms with van der Waals surface area (Å²) in [7, 11) is 0. The maximum Gasteiger partial charge on any atom is 0.237 e. The Morgan fingerprint density at radius 3 is 2.18 bits per heavy atom. The van der Waals surface area contributed by atoms with E-state index in [9.17, 15) is 9.90 Å². The normalized spacial score (nSPS) is 16.6. The Bertz CT molecular complexity index is 227. The Morgan fingerprint density at radius 1 is 1.35 bits per heavy atom. The van der Waals surface area contributed by atoms with Crippen molar-refractivity contribution >= 4 is 18.3 Å². The maximum atomic E-state index is 11.7. The minimum atomic E-state index is -0.494. The van der Waals surface area contributed by atoms with Gasteiger partial charge in [0.1, 0.15) is 0 Å². The largest absolute Gasteiger partial charge is 0.393 e. The van der Waals surface area contributed by atoms with Gasteiger partial charge in [0.25, 0.3) is 0 Å². The number of amides is 1. The van der Waals surface area contributed by atoms with Gasteiger partial charge in [0.05, 0.1) is 12.1 Å². The van der Waals surface area contributed by atoms with Gasteiger partial charge in [0.15, 0.2) is 0 Å². The fourth-order valence-corrected chi connectivity index (χ4v) is 1.44. The van der Waals surface area contributed by atoms with Gasteiger partial charge in [-0.1, -0.05) is 27.7 Å². The third-order valence-corrected chi connectivity index (χ3v) is 2.58. The van der Waals surface area contributed by atoms with Crippen molar-refractivity contribution in [2.45, 2.75) is 53.2 Å². The molecule has 1 amide bonds. The molecule has 0 rings (SSSR count). The van der Waals surface area contributed by atoms with Crippen LogP contribution in [0.25, 0.3) is 0 Å². The van der Waals surface area contributed by atoms with E-state index in [-0.39, 0.29) is 35.8 Å². The SMILES string of the molecule is CC(O)CC(C)CNC(=O)[C@@H](N)C(C)(C)C.Cl. The predicted octanol–water partition coefficient (Wildman–Crippen LogP) is 1.30. The molecule has 0 aliphatic rings. The summed E-state index contributed by atoms with van der Waals surface area (Å²) in [6.07, 6.45) is 0.355. The van der Waals surface area contributed by atoms with Crippen molar-refractivity contribution in [3.63, 3.8) is 0 Å². The first kappa shape index (κ1) is 19.0. The van der Waals surface area contributed by atoms with Gasteiger partial charge < -0.3 is 16.2 Å². The number of hydrogen-bond donors (Lipinski definition) is 3. The second-order valence-electron chi connectivity index (χ2n) is 5.78. The van der Waals surface area contributed by atoms with Crippen molar-refractivity contribution in [2.24, 2.45) is 17.1 Å². The molecule has 0 heterocycles. The van der Waals surface area contributed by atoms with Gasteiger partial charge in [0, 0.05) is 6.54 Å². The molecule has 0 saturated heterocycles. The van der Waals surface area contributed by atoms with Crippen LogP contribution in [-0.4, -0.2) is 29.7 Å². The first-order valence-electron chi connectivity index (χ1n) is 5.86. The number of nitrogens with two attached hydrogens (primary N) is 1. The van der Waals surface area contributed by atoms with Crippen LogP contribution in [0.1, 0.15) is 41.0 Å². The Hall–Kier alpha value is -0.320. The van der Waals surface area contributed by atoms with Crippen LogP contribution in [0.15, 0.2) is 0 Å². The zero-order chi connectivity index (χ0) is 12.9. The van der Waals surface area contributed by atoms with E-state index in [1.807, 2.05) is 27.7 Å². The number of hydrogen-bond acceptors (Lipinski definition) is 3. The van der Waals surface area contributed by atoms with Crippen molar-refractivity contribution < 1.29 is 9.90 Å². The summed E-state index contributed by atoms with van der Waals surface area (Å²) in [5.41, 5.74) is 5.60. The number of carbonyl (C=O) groups is 1. The number of halogens is 1. The van der Waals surface area contributed by atoms with Gasteiger partial charge in [-0.3, -0.25) is 4.79 Å². The quantitative estimate of drug-likeness (QED) is 0.702. The molecule has 4 nitrogen and oxygen atoms in total. The van der Waals surface area contributed by atoms with Gasteiger partial charge in [-0.2, -0.15) is 0 Å². The molecule has 2 unspecified atom stereocenters. The van der Waals surface area contributed by atoms with Crippen LogP contribution >= 0.6 is 12.4 Å². The molecule has 0 aliphatic carbocycles. The lowest BCUT2D eigenvalue weighted by Gasteiger charge is -2.26. The summed E-state index contributed by atoms with van der Waals surface area (Å²) in [6, 6.07) is -0.494. The minimum Gasteiger partial charge on any atom is -0.393 e. The summed E-state index contributed by atoms with van der Waals surface area (Å²) >= 11 is 0. The van der Waals surface area contributed by atoms with E-state index >= 15 is 0 Å². The van der Waals surface area contributed by atoms with Gasteiger partial charge in [0.2, 0.25) is 5.91 Å². The molecule has 17 heavy (non-hydrogen) atoms. The molecule has 0 aromatic carbocycles. The zero-order valence-electron chi connectivity index (χ0n) is 11.5. The third kappa shape index (κ3) is 8.41. The number of rotatable bonds is 5. The van der Waals surface area contributed by atoms with E-state index in [2.05, 4.69) is 5.32 Å². The first-order chi connectivity index (χ1) is 7.14. The van der Waals surface area contributed by atoms with Crippen molar-refractivity contribution in [3.05, 3.63) is 0 Å². The third-order valence-electron chi connectivity index (χ3n) is 2.58. The van der Waals surface area contributed by atoms with Crippen LogP contribution in [0, 0.1) is 11.3 Å². The summed E-state index contributed by atoms with van der Waals surface area (Å²) in [5, 5.41) is 12.0. The molecule has 0 saturated carbocycles. The number of nitrogens with one attached hydrogen (secondary N) is 1. The summed E-state index contributed by atoms with van der Waals surface area (Å²) in [6.45, 7) is 10.1. The van der Waals surface area contributed by atoms with Crippen molar-refractivity contribution in [2.75, 3.05) is 6.54 Å². The van der Waals surface area contributed by atoms with E-state index in [1.165, 1.54) is 0 Å². The molecule has 0 fully saturated rings. The fraction of sp³-hybridized carbons (Fsp3) is 0.917. The van der Waals surface area contributed by atoms with E-state index in [1.54, 1.807) is 6.92 Å². The van der Waals surface area contributed by atoms with Crippen LogP contribution < -0.4 is 11.1 Å². The van der Waals surface area contributed by atoms with E-state index in [0.29, 0.717) is 13.0 Å². The second kappa shape index (κ2) is 7.90. The number of aliphatic hydroxyl groups is 1. The highest BCUT2D eigenvalue weighted by Gasteiger charge is 2.27. The highest BCUT2D eigenvalue weighted by molar-refractivity contribution is 5.85. The molecule has 3 atom stereocenters. The number of aliphatic hydroxyl groups excluding tert-OH is 1. The molecule has 0 spiro atoms. The van der Waals surface area contributed by atoms with E-state index in [0.717, 1.165) is 0 Å². The molecule has 0 bridgehead atoms. The highest BCUT2D eigenvalue weighted by atomic mass is 35.5. The molecule has 0 aromatic rings. The molecule has 0 aliphatic heterocycles. The predicted molar refractivity (Wildman–Crippen MR) is 73.1 cm³/mol. The monoisotopic (exact) mass is 266 g/mol. The highest BCUT2D eigenvalue weighted by Crippen LogP contribution is 2.17. The van der Waals surface area contributed by atoms with E-state index in [4.69, 9.17) is 5.73 Å². The van der Waals surface area contributed by atoms with Crippen molar-refractivity contribution in [1.29, 1.82) is 0 Å². The Morgan fingerprint density at radius 2 is 1.82 bits per heavy atom. The molecular weight excluding hydrogens is 240 g/mol. The summed E-state index contributed by atoms with van der Waals surface area (Å²) < 4.78 is 0. The lowest BCUT2D eigenvalue weighted by atomic mass is 9.87. The number of carbonyl (C=O) groups excluding carboxylic acids is 1. The Balaban J connectivity index is 0. The minimum absolute atomic E-state index is 0. The lowest BCUT2D eigenvalue weighted by molar-refractivity contribution is -0.124. The molecule has 5 heteroatoms. The van der Waals surface area contributed by atoms with Crippen LogP contribution in [-0.2, 0) is 4.79 Å². The standard InChI is InChI=1S/C12H26N2O2.ClH/c1-8(6-9(2)15)7-14-11(16)10(13)12(3,4)5;/h8-10,15H,6-7,13H2,1-5H3,(H,14,16);1H/t8?,9?,10-;/m1./s1. The van der Waals surface area contributed by atoms with Crippen LogP contribution in [0.3, 0.4) is 0 Å². The lowest BCUT2D eigenvalue weighted by Crippen LogP contribution is -2.49. The van der Waals surface area contributed by atoms with Gasteiger partial charge >= 0.3 is 0 Å². The van der Waals surface area contributed by atoms with Crippen molar-refractivity contribution in [1.82, 2.24) is 5.32 Å². The average molecular weight is 267 g/mol. The van der Waals surface area contributed by atoms with Gasteiger partial charge in [-0.15, -0.1) is 12.4 Å². The first-order valence-corrected chi connectivity index (χ1v) is 5.86. The maximum absolute atomic E-state index is 11.7. The molecule has 104 valence electrons. The molecule has 0 radical (unpaired) electrons. The second-order valence-corrected chi connectivity index (χ2v) is 5.78. The van der Waals surface area contributed by atoms with Gasteiger partial charge in [-0.05, 0) is 24.7 Å². The van der Waals surface area contributed by atoms with Crippen LogP contribution in [0.5, 0.6) is 0 Å². The topological polar surface area (TPSA) is 75.3 Å². The molecular formula is C12H27ClN2O2.